The van der Waals surface area contributed by atoms with Gasteiger partial charge in [-0.25, -0.2) is 9.78 Å². The highest BCUT2D eigenvalue weighted by atomic mass is 17.2. The highest BCUT2D eigenvalue weighted by molar-refractivity contribution is 4.65. The Morgan fingerprint density at radius 1 is 1.12 bits per heavy atom. The lowest BCUT2D eigenvalue weighted by molar-refractivity contribution is -0.380. The number of aliphatic hydroxyl groups is 1. The zero-order valence-electron chi connectivity index (χ0n) is 11.3. The van der Waals surface area contributed by atoms with Gasteiger partial charge in [-0.05, 0) is 40.0 Å². The number of rotatable bonds is 4. The van der Waals surface area contributed by atoms with E-state index in [9.17, 15) is 0 Å². The Morgan fingerprint density at radius 2 is 1.62 bits per heavy atom. The molecule has 98 valence electrons. The first-order chi connectivity index (χ1) is 7.55. The van der Waals surface area contributed by atoms with E-state index >= 15 is 0 Å². The van der Waals surface area contributed by atoms with Crippen LogP contribution in [0.4, 0.5) is 0 Å². The molecule has 0 aromatic carbocycles. The summed E-state index contributed by atoms with van der Waals surface area (Å²) in [5.41, 5.74) is -0.128. The highest BCUT2D eigenvalue weighted by Crippen LogP contribution is 2.23. The van der Waals surface area contributed by atoms with Gasteiger partial charge in [0.2, 0.25) is 0 Å². The maximum absolute atomic E-state index is 7.57. The third kappa shape index (κ3) is 8.08. The van der Waals surface area contributed by atoms with E-state index in [1.165, 1.54) is 32.1 Å². The van der Waals surface area contributed by atoms with Crippen molar-refractivity contribution >= 4 is 0 Å². The molecule has 0 aromatic rings. The summed E-state index contributed by atoms with van der Waals surface area (Å²) in [5.74, 6) is 0. The number of aliphatic hydroxyl groups excluding tert-OH is 1. The van der Waals surface area contributed by atoms with Gasteiger partial charge in [-0.2, -0.15) is 0 Å². The van der Waals surface area contributed by atoms with Gasteiger partial charge in [0.25, 0.3) is 0 Å². The van der Waals surface area contributed by atoms with E-state index in [1.54, 1.807) is 6.92 Å². The van der Waals surface area contributed by atoms with Gasteiger partial charge in [0.1, 0.15) is 0 Å². The second-order valence-electron chi connectivity index (χ2n) is 4.87. The topological polar surface area (TPSA) is 38.7 Å². The summed E-state index contributed by atoms with van der Waals surface area (Å²) in [7, 11) is 0. The normalized spacial score (nSPS) is 17.8. The predicted octanol–water partition coefficient (Wildman–Crippen LogP) is 3.45. The van der Waals surface area contributed by atoms with Gasteiger partial charge in [0.15, 0.2) is 0 Å². The summed E-state index contributed by atoms with van der Waals surface area (Å²) in [4.78, 5) is 10.9. The van der Waals surface area contributed by atoms with Crippen LogP contribution in [0.5, 0.6) is 0 Å². The first-order valence-corrected chi connectivity index (χ1v) is 6.51. The molecule has 1 N–H and O–H groups in total. The first kappa shape index (κ1) is 15.9. The molecule has 0 aromatic heterocycles. The molecule has 0 unspecified atom stereocenters. The Hall–Kier alpha value is -0.120. The average Bonchev–Trinajstić information content (AvgIpc) is 2.29. The Bertz CT molecular complexity index is 151. The van der Waals surface area contributed by atoms with E-state index in [2.05, 4.69) is 20.8 Å². The molecule has 0 bridgehead atoms. The lowest BCUT2D eigenvalue weighted by Gasteiger charge is -2.27. The van der Waals surface area contributed by atoms with Crippen molar-refractivity contribution in [2.24, 2.45) is 0 Å². The highest BCUT2D eigenvalue weighted by Gasteiger charge is 2.21. The molecule has 1 rings (SSSR count). The van der Waals surface area contributed by atoms with Crippen LogP contribution >= 0.6 is 0 Å². The Balaban J connectivity index is 0.000000673. The molecule has 0 saturated heterocycles. The molecule has 0 heterocycles. The van der Waals surface area contributed by atoms with Crippen LogP contribution in [0.15, 0.2) is 0 Å². The zero-order valence-corrected chi connectivity index (χ0v) is 11.3. The third-order valence-electron chi connectivity index (χ3n) is 2.81. The molecule has 1 fully saturated rings. The SMILES string of the molecule is CCC(C)(C)OOC1CCCCC1.CCO. The molecule has 0 amide bonds. The van der Waals surface area contributed by atoms with E-state index in [4.69, 9.17) is 14.9 Å². The standard InChI is InChI=1S/C11H22O2.C2H6O/c1-4-11(2,3)13-12-10-8-6-5-7-9-10;1-2-3/h10H,4-9H2,1-3H3;3H,2H2,1H3. The lowest BCUT2D eigenvalue weighted by atomic mass is 9.98. The van der Waals surface area contributed by atoms with Gasteiger partial charge in [-0.3, -0.25) is 0 Å². The number of hydrogen-bond acceptors (Lipinski definition) is 3. The molecule has 1 aliphatic rings. The smallest absolute Gasteiger partial charge is 0.0977 e. The second-order valence-corrected chi connectivity index (χ2v) is 4.87. The van der Waals surface area contributed by atoms with Gasteiger partial charge in [0, 0.05) is 6.61 Å². The van der Waals surface area contributed by atoms with Crippen molar-refractivity contribution < 1.29 is 14.9 Å². The van der Waals surface area contributed by atoms with Crippen LogP contribution in [0.2, 0.25) is 0 Å². The maximum atomic E-state index is 7.57. The fraction of sp³-hybridized carbons (Fsp3) is 1.00. The summed E-state index contributed by atoms with van der Waals surface area (Å²) in [5, 5.41) is 7.57. The quantitative estimate of drug-likeness (QED) is 0.596. The Morgan fingerprint density at radius 3 is 2.06 bits per heavy atom. The summed E-state index contributed by atoms with van der Waals surface area (Å²) >= 11 is 0. The largest absolute Gasteiger partial charge is 0.397 e. The van der Waals surface area contributed by atoms with Crippen molar-refractivity contribution in [2.75, 3.05) is 6.61 Å². The van der Waals surface area contributed by atoms with Crippen molar-refractivity contribution in [3.63, 3.8) is 0 Å². The van der Waals surface area contributed by atoms with Crippen molar-refractivity contribution in [1.29, 1.82) is 0 Å². The molecule has 3 heteroatoms. The predicted molar refractivity (Wildman–Crippen MR) is 66.2 cm³/mol. The summed E-state index contributed by atoms with van der Waals surface area (Å²) in [6.45, 7) is 8.18. The molecular formula is C13H28O3. The van der Waals surface area contributed by atoms with Crippen LogP contribution in [-0.4, -0.2) is 23.4 Å². The summed E-state index contributed by atoms with van der Waals surface area (Å²) in [6, 6.07) is 0. The minimum Gasteiger partial charge on any atom is -0.397 e. The van der Waals surface area contributed by atoms with Crippen molar-refractivity contribution in [2.45, 2.75) is 77.9 Å². The van der Waals surface area contributed by atoms with Crippen molar-refractivity contribution in [3.05, 3.63) is 0 Å². The minimum absolute atomic E-state index is 0.128. The fourth-order valence-electron chi connectivity index (χ4n) is 1.42. The van der Waals surface area contributed by atoms with Crippen LogP contribution in [0, 0.1) is 0 Å². The van der Waals surface area contributed by atoms with E-state index in [1.807, 2.05) is 0 Å². The van der Waals surface area contributed by atoms with Gasteiger partial charge in [0.05, 0.1) is 11.7 Å². The maximum Gasteiger partial charge on any atom is 0.0977 e. The van der Waals surface area contributed by atoms with Gasteiger partial charge >= 0.3 is 0 Å². The van der Waals surface area contributed by atoms with Crippen LogP contribution in [0.1, 0.15) is 66.2 Å². The van der Waals surface area contributed by atoms with Crippen LogP contribution in [0.3, 0.4) is 0 Å². The van der Waals surface area contributed by atoms with E-state index in [-0.39, 0.29) is 12.2 Å². The molecule has 1 saturated carbocycles. The fourth-order valence-corrected chi connectivity index (χ4v) is 1.42. The molecule has 0 radical (unpaired) electrons. The van der Waals surface area contributed by atoms with E-state index in [0.29, 0.717) is 6.10 Å². The summed E-state index contributed by atoms with van der Waals surface area (Å²) in [6.07, 6.45) is 7.61. The van der Waals surface area contributed by atoms with Gasteiger partial charge < -0.3 is 5.11 Å². The molecule has 0 spiro atoms. The molecule has 0 aliphatic heterocycles. The van der Waals surface area contributed by atoms with E-state index < -0.39 is 0 Å². The lowest BCUT2D eigenvalue weighted by Crippen LogP contribution is -2.27. The van der Waals surface area contributed by atoms with Crippen LogP contribution in [-0.2, 0) is 9.78 Å². The molecule has 3 nitrogen and oxygen atoms in total. The average molecular weight is 232 g/mol. The van der Waals surface area contributed by atoms with Gasteiger partial charge in [-0.1, -0.05) is 26.2 Å². The molecular weight excluding hydrogens is 204 g/mol. The van der Waals surface area contributed by atoms with Crippen LogP contribution < -0.4 is 0 Å². The van der Waals surface area contributed by atoms with Crippen molar-refractivity contribution in [3.8, 4) is 0 Å². The second kappa shape index (κ2) is 8.97. The Labute approximate surface area is 100 Å². The molecule has 0 atom stereocenters. The monoisotopic (exact) mass is 232 g/mol. The minimum atomic E-state index is -0.128. The molecule has 16 heavy (non-hydrogen) atoms. The van der Waals surface area contributed by atoms with Crippen LogP contribution in [0.25, 0.3) is 0 Å². The van der Waals surface area contributed by atoms with Crippen molar-refractivity contribution in [1.82, 2.24) is 0 Å². The molecule has 1 aliphatic carbocycles. The Kier molecular flexibility index (Phi) is 8.90. The number of hydrogen-bond donors (Lipinski definition) is 1. The third-order valence-corrected chi connectivity index (χ3v) is 2.81. The van der Waals surface area contributed by atoms with E-state index in [0.717, 1.165) is 6.42 Å². The zero-order chi connectivity index (χ0) is 12.4. The van der Waals surface area contributed by atoms with Gasteiger partial charge in [-0.15, -0.1) is 0 Å². The first-order valence-electron chi connectivity index (χ1n) is 6.51. The summed E-state index contributed by atoms with van der Waals surface area (Å²) < 4.78 is 0.